The standard InChI is InChI=1S/C23H28N6O/c1-16-20-10-11-21(30)29(19-4-2-3-5-19)22(20)27-23(25-16)26-17-6-8-18(9-7-17)28-14-12-24-13-15-28/h6-11,19,24H,2-5,12-15H2,1H3,(H,25,26,27). The van der Waals surface area contributed by atoms with E-state index in [2.05, 4.69) is 44.8 Å². The van der Waals surface area contributed by atoms with Crippen LogP contribution in [0.15, 0.2) is 41.2 Å². The maximum atomic E-state index is 12.7. The first-order valence-electron chi connectivity index (χ1n) is 10.9. The lowest BCUT2D eigenvalue weighted by molar-refractivity contribution is 0.516. The van der Waals surface area contributed by atoms with Gasteiger partial charge in [-0.25, -0.2) is 4.98 Å². The van der Waals surface area contributed by atoms with Crippen molar-refractivity contribution in [2.75, 3.05) is 36.4 Å². The molecule has 1 aliphatic heterocycles. The number of nitrogens with zero attached hydrogens (tertiary/aromatic N) is 4. The Labute approximate surface area is 176 Å². The van der Waals surface area contributed by atoms with E-state index in [1.807, 2.05) is 17.6 Å². The summed E-state index contributed by atoms with van der Waals surface area (Å²) in [5, 5.41) is 7.66. The number of hydrogen-bond donors (Lipinski definition) is 2. The van der Waals surface area contributed by atoms with Crippen molar-refractivity contribution in [2.24, 2.45) is 0 Å². The SMILES string of the molecule is Cc1nc(Nc2ccc(N3CCNCC3)cc2)nc2c1ccc(=O)n2C1CCCC1. The van der Waals surface area contributed by atoms with Crippen molar-refractivity contribution in [3.63, 3.8) is 0 Å². The maximum absolute atomic E-state index is 12.7. The molecule has 0 amide bonds. The summed E-state index contributed by atoms with van der Waals surface area (Å²) in [5.41, 5.74) is 3.82. The van der Waals surface area contributed by atoms with Gasteiger partial charge in [-0.05, 0) is 50.1 Å². The van der Waals surface area contributed by atoms with Crippen LogP contribution in [0.25, 0.3) is 11.0 Å². The molecule has 0 radical (unpaired) electrons. The van der Waals surface area contributed by atoms with Crippen molar-refractivity contribution in [2.45, 2.75) is 38.6 Å². The molecule has 0 atom stereocenters. The fourth-order valence-corrected chi connectivity index (χ4v) is 4.66. The van der Waals surface area contributed by atoms with Crippen LogP contribution in [0.3, 0.4) is 0 Å². The topological polar surface area (TPSA) is 75.1 Å². The Morgan fingerprint density at radius 3 is 2.47 bits per heavy atom. The molecule has 0 unspecified atom stereocenters. The van der Waals surface area contributed by atoms with E-state index >= 15 is 0 Å². The number of hydrogen-bond acceptors (Lipinski definition) is 6. The predicted molar refractivity (Wildman–Crippen MR) is 121 cm³/mol. The molecule has 1 saturated heterocycles. The van der Waals surface area contributed by atoms with E-state index in [0.717, 1.165) is 61.4 Å². The third-order valence-electron chi connectivity index (χ3n) is 6.27. The lowest BCUT2D eigenvalue weighted by Crippen LogP contribution is -2.43. The summed E-state index contributed by atoms with van der Waals surface area (Å²) in [6.07, 6.45) is 4.42. The van der Waals surface area contributed by atoms with Crippen LogP contribution in [-0.2, 0) is 0 Å². The largest absolute Gasteiger partial charge is 0.369 e. The van der Waals surface area contributed by atoms with E-state index in [0.29, 0.717) is 5.95 Å². The summed E-state index contributed by atoms with van der Waals surface area (Å²) in [5.74, 6) is 0.535. The number of anilines is 3. The summed E-state index contributed by atoms with van der Waals surface area (Å²) >= 11 is 0. The molecular weight excluding hydrogens is 376 g/mol. The van der Waals surface area contributed by atoms with Crippen molar-refractivity contribution in [1.29, 1.82) is 0 Å². The fraction of sp³-hybridized carbons (Fsp3) is 0.435. The molecule has 0 bridgehead atoms. The minimum atomic E-state index is 0.0267. The van der Waals surface area contributed by atoms with Crippen molar-refractivity contribution in [3.8, 4) is 0 Å². The second kappa shape index (κ2) is 8.07. The second-order valence-electron chi connectivity index (χ2n) is 8.26. The van der Waals surface area contributed by atoms with Crippen molar-refractivity contribution in [1.82, 2.24) is 19.9 Å². The first-order chi connectivity index (χ1) is 14.7. The van der Waals surface area contributed by atoms with Gasteiger partial charge in [0, 0.05) is 55.0 Å². The van der Waals surface area contributed by atoms with Gasteiger partial charge in [0.15, 0.2) is 0 Å². The summed E-state index contributed by atoms with van der Waals surface area (Å²) in [7, 11) is 0. The van der Waals surface area contributed by atoms with E-state index in [9.17, 15) is 4.79 Å². The molecule has 3 heterocycles. The summed E-state index contributed by atoms with van der Waals surface area (Å²) in [4.78, 5) is 24.5. The normalized spacial score (nSPS) is 17.6. The van der Waals surface area contributed by atoms with Crippen molar-refractivity contribution < 1.29 is 0 Å². The molecule has 30 heavy (non-hydrogen) atoms. The predicted octanol–water partition coefficient (Wildman–Crippen LogP) is 3.37. The molecular formula is C23H28N6O. The molecule has 2 fully saturated rings. The average Bonchev–Trinajstić information content (AvgIpc) is 3.29. The minimum absolute atomic E-state index is 0.0267. The van der Waals surface area contributed by atoms with E-state index in [1.165, 1.54) is 18.5 Å². The highest BCUT2D eigenvalue weighted by atomic mass is 16.1. The van der Waals surface area contributed by atoms with Crippen LogP contribution in [0.5, 0.6) is 0 Å². The van der Waals surface area contributed by atoms with Gasteiger partial charge in [0.1, 0.15) is 5.65 Å². The zero-order valence-corrected chi connectivity index (χ0v) is 17.4. The Morgan fingerprint density at radius 1 is 1.00 bits per heavy atom. The monoisotopic (exact) mass is 404 g/mol. The first kappa shape index (κ1) is 19.1. The summed E-state index contributed by atoms with van der Waals surface area (Å²) in [6, 6.07) is 12.1. The van der Waals surface area contributed by atoms with Gasteiger partial charge >= 0.3 is 0 Å². The Bertz CT molecular complexity index is 1100. The smallest absolute Gasteiger partial charge is 0.252 e. The van der Waals surface area contributed by atoms with Gasteiger partial charge in [0.05, 0.1) is 5.69 Å². The van der Waals surface area contributed by atoms with Gasteiger partial charge in [-0.2, -0.15) is 4.98 Å². The van der Waals surface area contributed by atoms with Crippen molar-refractivity contribution in [3.05, 3.63) is 52.4 Å². The molecule has 7 heteroatoms. The Morgan fingerprint density at radius 2 is 1.73 bits per heavy atom. The number of piperazine rings is 1. The van der Waals surface area contributed by atoms with Gasteiger partial charge in [0.2, 0.25) is 5.95 Å². The van der Waals surface area contributed by atoms with E-state index in [4.69, 9.17) is 4.98 Å². The Kier molecular flexibility index (Phi) is 5.12. The first-order valence-corrected chi connectivity index (χ1v) is 10.9. The molecule has 0 spiro atoms. The minimum Gasteiger partial charge on any atom is -0.369 e. The van der Waals surface area contributed by atoms with Gasteiger partial charge in [0.25, 0.3) is 5.56 Å². The number of aryl methyl sites for hydroxylation is 1. The van der Waals surface area contributed by atoms with Crippen LogP contribution in [0.4, 0.5) is 17.3 Å². The Balaban J connectivity index is 1.46. The molecule has 1 aromatic carbocycles. The fourth-order valence-electron chi connectivity index (χ4n) is 4.66. The van der Waals surface area contributed by atoms with Gasteiger partial charge in [-0.1, -0.05) is 12.8 Å². The van der Waals surface area contributed by atoms with Crippen LogP contribution in [0.1, 0.15) is 37.4 Å². The van der Waals surface area contributed by atoms with Crippen LogP contribution < -0.4 is 21.1 Å². The summed E-state index contributed by atoms with van der Waals surface area (Å²) < 4.78 is 1.88. The van der Waals surface area contributed by atoms with E-state index < -0.39 is 0 Å². The lowest BCUT2D eigenvalue weighted by atomic mass is 10.2. The van der Waals surface area contributed by atoms with Crippen LogP contribution in [0, 0.1) is 6.92 Å². The van der Waals surface area contributed by atoms with Gasteiger partial charge in [-0.3, -0.25) is 9.36 Å². The van der Waals surface area contributed by atoms with Gasteiger partial charge in [-0.15, -0.1) is 0 Å². The number of benzene rings is 1. The highest BCUT2D eigenvalue weighted by molar-refractivity contribution is 5.79. The lowest BCUT2D eigenvalue weighted by Gasteiger charge is -2.29. The van der Waals surface area contributed by atoms with Crippen LogP contribution in [0.2, 0.25) is 0 Å². The quantitative estimate of drug-likeness (QED) is 0.695. The Hall–Kier alpha value is -2.93. The second-order valence-corrected chi connectivity index (χ2v) is 8.26. The molecule has 7 nitrogen and oxygen atoms in total. The highest BCUT2D eigenvalue weighted by Crippen LogP contribution is 2.31. The molecule has 156 valence electrons. The zero-order valence-electron chi connectivity index (χ0n) is 17.4. The van der Waals surface area contributed by atoms with Gasteiger partial charge < -0.3 is 15.5 Å². The summed E-state index contributed by atoms with van der Waals surface area (Å²) in [6.45, 7) is 6.07. The molecule has 1 saturated carbocycles. The number of nitrogens with one attached hydrogen (secondary N) is 2. The maximum Gasteiger partial charge on any atom is 0.252 e. The molecule has 2 aliphatic rings. The molecule has 2 N–H and O–H groups in total. The third-order valence-corrected chi connectivity index (χ3v) is 6.27. The number of rotatable bonds is 4. The molecule has 3 aromatic rings. The highest BCUT2D eigenvalue weighted by Gasteiger charge is 2.21. The zero-order chi connectivity index (χ0) is 20.5. The van der Waals surface area contributed by atoms with Crippen LogP contribution >= 0.6 is 0 Å². The van der Waals surface area contributed by atoms with E-state index in [-0.39, 0.29) is 11.6 Å². The third kappa shape index (κ3) is 3.65. The molecule has 2 aromatic heterocycles. The van der Waals surface area contributed by atoms with Crippen LogP contribution in [-0.4, -0.2) is 40.7 Å². The average molecular weight is 405 g/mol. The van der Waals surface area contributed by atoms with Crippen molar-refractivity contribution >= 4 is 28.4 Å². The number of pyridine rings is 1. The number of aromatic nitrogens is 3. The molecule has 1 aliphatic carbocycles. The van der Waals surface area contributed by atoms with E-state index in [1.54, 1.807) is 6.07 Å². The molecule has 5 rings (SSSR count). The number of fused-ring (bicyclic) bond motifs is 1.